The molecule has 1 saturated heterocycles. The van der Waals surface area contributed by atoms with Crippen molar-refractivity contribution in [1.82, 2.24) is 5.32 Å². The molecule has 30 heavy (non-hydrogen) atoms. The smallest absolute Gasteiger partial charge is 0.338 e. The summed E-state index contributed by atoms with van der Waals surface area (Å²) in [6.45, 7) is 5.53. The Balaban J connectivity index is 1.88. The number of fused-ring (bicyclic) bond motifs is 1. The number of halogens is 1. The highest BCUT2D eigenvalue weighted by Gasteiger charge is 2.29. The zero-order valence-electron chi connectivity index (χ0n) is 17.2. The van der Waals surface area contributed by atoms with Gasteiger partial charge in [-0.2, -0.15) is 0 Å². The van der Waals surface area contributed by atoms with Gasteiger partial charge in [0.25, 0.3) is 0 Å². The molecule has 1 aliphatic rings. The van der Waals surface area contributed by atoms with Crippen LogP contribution in [0.25, 0.3) is 11.0 Å². The van der Waals surface area contributed by atoms with E-state index in [9.17, 15) is 9.59 Å². The molecule has 1 N–H and O–H groups in total. The largest absolute Gasteiger partial charge is 0.423 e. The van der Waals surface area contributed by atoms with E-state index < -0.39 is 0 Å². The van der Waals surface area contributed by atoms with Crippen molar-refractivity contribution < 1.29 is 9.21 Å². The van der Waals surface area contributed by atoms with Crippen LogP contribution in [0, 0.1) is 0 Å². The van der Waals surface area contributed by atoms with Crippen LogP contribution in [-0.4, -0.2) is 24.9 Å². The van der Waals surface area contributed by atoms with Crippen molar-refractivity contribution in [3.8, 4) is 0 Å². The zero-order valence-corrected chi connectivity index (χ0v) is 17.9. The third-order valence-electron chi connectivity index (χ3n) is 5.86. The number of ketones is 1. The Labute approximate surface area is 180 Å². The minimum Gasteiger partial charge on any atom is -0.423 e. The lowest BCUT2D eigenvalue weighted by atomic mass is 9.96. The summed E-state index contributed by atoms with van der Waals surface area (Å²) in [4.78, 5) is 26.6. The first-order valence-electron chi connectivity index (χ1n) is 10.3. The quantitative estimate of drug-likeness (QED) is 0.463. The summed E-state index contributed by atoms with van der Waals surface area (Å²) in [7, 11) is 0. The van der Waals surface area contributed by atoms with Gasteiger partial charge in [-0.05, 0) is 69.6 Å². The number of benzene rings is 2. The van der Waals surface area contributed by atoms with Crippen LogP contribution in [0.2, 0.25) is 5.02 Å². The Morgan fingerprint density at radius 2 is 1.93 bits per heavy atom. The first-order chi connectivity index (χ1) is 14.4. The molecule has 2 heterocycles. The van der Waals surface area contributed by atoms with Crippen molar-refractivity contribution in [3.63, 3.8) is 0 Å². The molecular weight excluding hydrogens is 400 g/mol. The summed E-state index contributed by atoms with van der Waals surface area (Å²) >= 11 is 6.29. The highest BCUT2D eigenvalue weighted by molar-refractivity contribution is 6.31. The van der Waals surface area contributed by atoms with E-state index in [-0.39, 0.29) is 23.5 Å². The minimum absolute atomic E-state index is 0.0371. The van der Waals surface area contributed by atoms with Gasteiger partial charge in [-0.25, -0.2) is 4.79 Å². The van der Waals surface area contributed by atoms with Gasteiger partial charge in [-0.1, -0.05) is 29.8 Å². The van der Waals surface area contributed by atoms with Crippen molar-refractivity contribution in [2.45, 2.75) is 38.8 Å². The molecule has 1 aromatic heterocycles. The number of nitrogens with one attached hydrogen (secondary N) is 1. The zero-order chi connectivity index (χ0) is 21.3. The summed E-state index contributed by atoms with van der Waals surface area (Å²) < 4.78 is 5.43. The third kappa shape index (κ3) is 4.13. The Kier molecular flexibility index (Phi) is 5.93. The predicted molar refractivity (Wildman–Crippen MR) is 121 cm³/mol. The Bertz CT molecular complexity index is 1130. The monoisotopic (exact) mass is 424 g/mol. The molecule has 156 valence electrons. The lowest BCUT2D eigenvalue weighted by molar-refractivity contribution is 0.101. The Morgan fingerprint density at radius 3 is 2.67 bits per heavy atom. The Morgan fingerprint density at radius 1 is 1.17 bits per heavy atom. The summed E-state index contributed by atoms with van der Waals surface area (Å²) in [5.74, 6) is 0.0371. The first kappa shape index (κ1) is 20.6. The molecule has 1 aliphatic heterocycles. The fraction of sp³-hybridized carbons (Fsp3) is 0.333. The summed E-state index contributed by atoms with van der Waals surface area (Å²) in [5.41, 5.74) is 2.67. The average Bonchev–Trinajstić information content (AvgIpc) is 2.75. The number of carbonyl (C=O) groups is 1. The van der Waals surface area contributed by atoms with E-state index in [2.05, 4.69) is 17.1 Å². The molecule has 0 spiro atoms. The van der Waals surface area contributed by atoms with E-state index in [0.717, 1.165) is 42.6 Å². The lowest BCUT2D eigenvalue weighted by Crippen LogP contribution is -2.44. The first-order valence-corrected chi connectivity index (χ1v) is 10.6. The maximum absolute atomic E-state index is 12.4. The molecule has 3 aromatic rings. The molecule has 6 heteroatoms. The van der Waals surface area contributed by atoms with Crippen LogP contribution >= 0.6 is 11.6 Å². The molecule has 0 radical (unpaired) electrons. The number of nitrogens with zero attached hydrogens (tertiary/aromatic N) is 1. The molecule has 1 unspecified atom stereocenters. The molecule has 4 rings (SSSR count). The SMILES string of the molecule is CC(=O)c1cccc(C(C)N(c2cc(=O)oc3ccc(Cl)cc23)C2CCNCC2)c1. The number of rotatable bonds is 5. The van der Waals surface area contributed by atoms with Crippen LogP contribution in [-0.2, 0) is 0 Å². The van der Waals surface area contributed by atoms with Crippen LogP contribution in [0.5, 0.6) is 0 Å². The van der Waals surface area contributed by atoms with E-state index in [1.54, 1.807) is 25.1 Å². The third-order valence-corrected chi connectivity index (χ3v) is 6.09. The highest BCUT2D eigenvalue weighted by Crippen LogP contribution is 2.37. The van der Waals surface area contributed by atoms with Gasteiger partial charge >= 0.3 is 5.63 Å². The van der Waals surface area contributed by atoms with Crippen LogP contribution in [0.15, 0.2) is 57.7 Å². The molecular formula is C24H25ClN2O3. The van der Waals surface area contributed by atoms with Gasteiger partial charge in [0, 0.05) is 28.1 Å². The van der Waals surface area contributed by atoms with E-state index in [4.69, 9.17) is 16.0 Å². The van der Waals surface area contributed by atoms with Crippen molar-refractivity contribution >= 4 is 34.0 Å². The molecule has 2 aromatic carbocycles. The van der Waals surface area contributed by atoms with Crippen molar-refractivity contribution in [2.24, 2.45) is 0 Å². The summed E-state index contributed by atoms with van der Waals surface area (Å²) in [6.07, 6.45) is 1.91. The number of Topliss-reactive ketones (excluding diaryl/α,β-unsaturated/α-hetero) is 1. The van der Waals surface area contributed by atoms with Gasteiger partial charge in [-0.15, -0.1) is 0 Å². The van der Waals surface area contributed by atoms with Gasteiger partial charge < -0.3 is 14.6 Å². The fourth-order valence-corrected chi connectivity index (χ4v) is 4.49. The topological polar surface area (TPSA) is 62.6 Å². The second-order valence-electron chi connectivity index (χ2n) is 7.84. The average molecular weight is 425 g/mol. The normalized spacial score (nSPS) is 15.8. The molecule has 1 atom stereocenters. The molecule has 0 saturated carbocycles. The summed E-state index contributed by atoms with van der Waals surface area (Å²) in [6, 6.07) is 14.8. The maximum atomic E-state index is 12.4. The number of hydrogen-bond acceptors (Lipinski definition) is 5. The van der Waals surface area contributed by atoms with Crippen LogP contribution in [0.1, 0.15) is 48.7 Å². The van der Waals surface area contributed by atoms with Gasteiger partial charge in [-0.3, -0.25) is 4.79 Å². The van der Waals surface area contributed by atoms with Crippen molar-refractivity contribution in [1.29, 1.82) is 0 Å². The molecule has 0 amide bonds. The van der Waals surface area contributed by atoms with Gasteiger partial charge in [0.1, 0.15) is 5.58 Å². The standard InChI is InChI=1S/C24H25ClN2O3/c1-15(17-4-3-5-18(12-17)16(2)28)27(20-8-10-26-11-9-20)22-14-24(29)30-23-7-6-19(25)13-21(22)23/h3-7,12-15,20,26H,8-11H2,1-2H3. The second kappa shape index (κ2) is 8.62. The van der Waals surface area contributed by atoms with E-state index in [1.807, 2.05) is 30.3 Å². The number of hydrogen-bond donors (Lipinski definition) is 1. The highest BCUT2D eigenvalue weighted by atomic mass is 35.5. The fourth-order valence-electron chi connectivity index (χ4n) is 4.32. The lowest BCUT2D eigenvalue weighted by Gasteiger charge is -2.41. The number of piperidine rings is 1. The van der Waals surface area contributed by atoms with Gasteiger partial charge in [0.05, 0.1) is 11.7 Å². The molecule has 0 aliphatic carbocycles. The number of anilines is 1. The van der Waals surface area contributed by atoms with Gasteiger partial charge in [0.2, 0.25) is 0 Å². The van der Waals surface area contributed by atoms with E-state index >= 15 is 0 Å². The Hall–Kier alpha value is -2.63. The molecule has 1 fully saturated rings. The number of carbonyl (C=O) groups excluding carboxylic acids is 1. The van der Waals surface area contributed by atoms with Crippen molar-refractivity contribution in [2.75, 3.05) is 18.0 Å². The minimum atomic E-state index is -0.386. The van der Waals surface area contributed by atoms with Gasteiger partial charge in [0.15, 0.2) is 5.78 Å². The van der Waals surface area contributed by atoms with Crippen LogP contribution in [0.3, 0.4) is 0 Å². The van der Waals surface area contributed by atoms with Crippen LogP contribution < -0.4 is 15.8 Å². The maximum Gasteiger partial charge on any atom is 0.338 e. The molecule has 5 nitrogen and oxygen atoms in total. The second-order valence-corrected chi connectivity index (χ2v) is 8.27. The van der Waals surface area contributed by atoms with Crippen LogP contribution in [0.4, 0.5) is 5.69 Å². The molecule has 0 bridgehead atoms. The summed E-state index contributed by atoms with van der Waals surface area (Å²) in [5, 5.41) is 4.82. The van der Waals surface area contributed by atoms with E-state index in [0.29, 0.717) is 16.2 Å². The van der Waals surface area contributed by atoms with E-state index in [1.165, 1.54) is 0 Å². The van der Waals surface area contributed by atoms with Crippen molar-refractivity contribution in [3.05, 3.63) is 75.1 Å². The predicted octanol–water partition coefficient (Wildman–Crippen LogP) is 4.97.